The Morgan fingerprint density at radius 2 is 1.91 bits per heavy atom. The average Bonchev–Trinajstić information content (AvgIpc) is 3.11. The van der Waals surface area contributed by atoms with Gasteiger partial charge >= 0.3 is 0 Å². The maximum absolute atomic E-state index is 12.9. The molecule has 3 aromatic rings. The van der Waals surface area contributed by atoms with Gasteiger partial charge in [0.05, 0.1) is 0 Å². The highest BCUT2D eigenvalue weighted by molar-refractivity contribution is 7.71. The predicted molar refractivity (Wildman–Crippen MR) is 86.0 cm³/mol. The zero-order valence-electron chi connectivity index (χ0n) is 12.3. The first-order chi connectivity index (χ1) is 11.0. The zero-order chi connectivity index (χ0) is 16.4. The number of benzene rings is 1. The molecular formula is C15H14FN5OS. The zero-order valence-corrected chi connectivity index (χ0v) is 13.1. The van der Waals surface area contributed by atoms with Crippen molar-refractivity contribution in [3.8, 4) is 0 Å². The van der Waals surface area contributed by atoms with Crippen LogP contribution in [0.3, 0.4) is 0 Å². The first kappa shape index (κ1) is 15.2. The van der Waals surface area contributed by atoms with Gasteiger partial charge in [-0.2, -0.15) is 5.10 Å². The van der Waals surface area contributed by atoms with Crippen LogP contribution in [0, 0.1) is 17.5 Å². The highest BCUT2D eigenvalue weighted by Gasteiger charge is 2.11. The van der Waals surface area contributed by atoms with E-state index >= 15 is 0 Å². The quantitative estimate of drug-likeness (QED) is 0.748. The fourth-order valence-corrected chi connectivity index (χ4v) is 2.54. The first-order valence-electron chi connectivity index (χ1n) is 6.90. The number of anilines is 1. The molecule has 3 rings (SSSR count). The van der Waals surface area contributed by atoms with Crippen LogP contribution < -0.4 is 5.32 Å². The maximum Gasteiger partial charge on any atom is 0.246 e. The van der Waals surface area contributed by atoms with Crippen molar-refractivity contribution >= 4 is 23.8 Å². The molecule has 0 aliphatic carbocycles. The number of carbonyl (C=O) groups is 1. The summed E-state index contributed by atoms with van der Waals surface area (Å²) < 4.78 is 18.2. The van der Waals surface area contributed by atoms with Crippen molar-refractivity contribution in [3.63, 3.8) is 0 Å². The number of halogens is 1. The van der Waals surface area contributed by atoms with E-state index in [0.717, 1.165) is 0 Å². The van der Waals surface area contributed by atoms with E-state index in [9.17, 15) is 9.18 Å². The van der Waals surface area contributed by atoms with Gasteiger partial charge in [-0.25, -0.2) is 13.7 Å². The molecule has 23 heavy (non-hydrogen) atoms. The van der Waals surface area contributed by atoms with Crippen molar-refractivity contribution in [2.75, 3.05) is 5.32 Å². The number of aryl methyl sites for hydroxylation is 1. The predicted octanol–water partition coefficient (Wildman–Crippen LogP) is 2.61. The molecule has 1 aromatic carbocycles. The third kappa shape index (κ3) is 3.21. The number of hydrogen-bond acceptors (Lipinski definition) is 3. The molecule has 1 amide bonds. The van der Waals surface area contributed by atoms with Crippen LogP contribution in [0.25, 0.3) is 0 Å². The van der Waals surface area contributed by atoms with Crippen molar-refractivity contribution in [1.82, 2.24) is 19.1 Å². The Morgan fingerprint density at radius 1 is 1.26 bits per heavy atom. The second-order valence-corrected chi connectivity index (χ2v) is 5.28. The lowest BCUT2D eigenvalue weighted by atomic mass is 10.3. The summed E-state index contributed by atoms with van der Waals surface area (Å²) in [6, 6.07) is 9.31. The molecule has 0 spiro atoms. The van der Waals surface area contributed by atoms with Gasteiger partial charge in [-0.05, 0) is 55.5 Å². The second-order valence-electron chi connectivity index (χ2n) is 4.92. The number of hydrogen-bond donors (Lipinski definition) is 1. The summed E-state index contributed by atoms with van der Waals surface area (Å²) in [5.41, 5.74) is 0.518. The summed E-state index contributed by atoms with van der Waals surface area (Å²) in [5, 5.41) is 6.98. The molecular weight excluding hydrogens is 317 g/mol. The average molecular weight is 331 g/mol. The molecule has 6 nitrogen and oxygen atoms in total. The lowest BCUT2D eigenvalue weighted by Gasteiger charge is -2.06. The van der Waals surface area contributed by atoms with Crippen LogP contribution in [-0.4, -0.2) is 25.0 Å². The highest BCUT2D eigenvalue weighted by Crippen LogP contribution is 2.09. The minimum atomic E-state index is -0.355. The maximum atomic E-state index is 12.9. The molecule has 0 saturated heterocycles. The Balaban J connectivity index is 1.78. The molecule has 0 atom stereocenters. The molecule has 118 valence electrons. The van der Waals surface area contributed by atoms with Crippen LogP contribution >= 0.6 is 12.2 Å². The molecule has 0 aliphatic heterocycles. The van der Waals surface area contributed by atoms with Gasteiger partial charge in [-0.1, -0.05) is 0 Å². The molecule has 2 aromatic heterocycles. The van der Waals surface area contributed by atoms with E-state index < -0.39 is 0 Å². The van der Waals surface area contributed by atoms with Crippen molar-refractivity contribution < 1.29 is 9.18 Å². The highest BCUT2D eigenvalue weighted by atomic mass is 32.1. The fraction of sp³-hybridized carbons (Fsp3) is 0.133. The summed E-state index contributed by atoms with van der Waals surface area (Å²) in [7, 11) is 0. The molecule has 0 saturated carbocycles. The molecule has 8 heteroatoms. The molecule has 0 unspecified atom stereocenters. The van der Waals surface area contributed by atoms with Gasteiger partial charge < -0.3 is 5.32 Å². The Morgan fingerprint density at radius 3 is 2.57 bits per heavy atom. The molecule has 0 fully saturated rings. The summed E-state index contributed by atoms with van der Waals surface area (Å²) in [6.45, 7) is 1.79. The number of nitrogens with zero attached hydrogens (tertiary/aromatic N) is 4. The first-order valence-corrected chi connectivity index (χ1v) is 7.31. The van der Waals surface area contributed by atoms with E-state index in [2.05, 4.69) is 10.4 Å². The lowest BCUT2D eigenvalue weighted by Crippen LogP contribution is -2.20. The number of aromatic nitrogens is 4. The standard InChI is InChI=1S/C15H14FN5OS/c1-11-18-20(15(23)21(11)19-8-2-3-9-19)10-14(22)17-13-6-4-12(16)5-7-13/h2-9H,10H2,1H3,(H,17,22). The minimum absolute atomic E-state index is 0.0225. The Kier molecular flexibility index (Phi) is 4.07. The largest absolute Gasteiger partial charge is 0.324 e. The van der Waals surface area contributed by atoms with Gasteiger partial charge in [0.2, 0.25) is 10.7 Å². The molecule has 0 radical (unpaired) electrons. The summed E-state index contributed by atoms with van der Waals surface area (Å²) in [4.78, 5) is 12.1. The number of rotatable bonds is 4. The van der Waals surface area contributed by atoms with E-state index in [4.69, 9.17) is 12.2 Å². The number of amides is 1. The van der Waals surface area contributed by atoms with Gasteiger partial charge in [0.1, 0.15) is 18.2 Å². The smallest absolute Gasteiger partial charge is 0.246 e. The van der Waals surface area contributed by atoms with E-state index in [-0.39, 0.29) is 18.3 Å². The van der Waals surface area contributed by atoms with E-state index in [1.165, 1.54) is 28.9 Å². The van der Waals surface area contributed by atoms with Crippen molar-refractivity contribution in [3.05, 3.63) is 65.2 Å². The Labute approximate surface area is 136 Å². The number of nitrogens with one attached hydrogen (secondary N) is 1. The normalized spacial score (nSPS) is 10.7. The monoisotopic (exact) mass is 331 g/mol. The van der Waals surface area contributed by atoms with E-state index in [1.807, 2.05) is 31.5 Å². The Hall–Kier alpha value is -2.74. The van der Waals surface area contributed by atoms with Crippen LogP contribution in [0.1, 0.15) is 5.82 Å². The topological polar surface area (TPSA) is 56.8 Å². The lowest BCUT2D eigenvalue weighted by molar-refractivity contribution is -0.116. The minimum Gasteiger partial charge on any atom is -0.324 e. The van der Waals surface area contributed by atoms with Crippen molar-refractivity contribution in [2.24, 2.45) is 0 Å². The second kappa shape index (κ2) is 6.17. The van der Waals surface area contributed by atoms with E-state index in [0.29, 0.717) is 16.3 Å². The number of carbonyl (C=O) groups excluding carboxylic acids is 1. The van der Waals surface area contributed by atoms with Crippen molar-refractivity contribution in [1.29, 1.82) is 0 Å². The fourth-order valence-electron chi connectivity index (χ4n) is 2.20. The summed E-state index contributed by atoms with van der Waals surface area (Å²) in [6.07, 6.45) is 3.68. The molecule has 2 heterocycles. The van der Waals surface area contributed by atoms with Gasteiger partial charge in [-0.15, -0.1) is 0 Å². The van der Waals surface area contributed by atoms with Gasteiger partial charge in [0, 0.05) is 18.1 Å². The summed E-state index contributed by atoms with van der Waals surface area (Å²) in [5.74, 6) is 0.0250. The van der Waals surface area contributed by atoms with Crippen molar-refractivity contribution in [2.45, 2.75) is 13.5 Å². The summed E-state index contributed by atoms with van der Waals surface area (Å²) >= 11 is 5.37. The SMILES string of the molecule is Cc1nn(CC(=O)Nc2ccc(F)cc2)c(=S)n1-n1cccc1. The third-order valence-corrected chi connectivity index (χ3v) is 3.60. The van der Waals surface area contributed by atoms with E-state index in [1.54, 1.807) is 9.35 Å². The third-order valence-electron chi connectivity index (χ3n) is 3.21. The van der Waals surface area contributed by atoms with Crippen LogP contribution in [0.4, 0.5) is 10.1 Å². The van der Waals surface area contributed by atoms with Crippen LogP contribution in [0.15, 0.2) is 48.8 Å². The van der Waals surface area contributed by atoms with Crippen LogP contribution in [0.5, 0.6) is 0 Å². The Bertz CT molecular complexity index is 880. The van der Waals surface area contributed by atoms with Crippen LogP contribution in [-0.2, 0) is 11.3 Å². The van der Waals surface area contributed by atoms with Gasteiger partial charge in [0.25, 0.3) is 0 Å². The van der Waals surface area contributed by atoms with Crippen LogP contribution in [0.2, 0.25) is 0 Å². The molecule has 0 bridgehead atoms. The van der Waals surface area contributed by atoms with Gasteiger partial charge in [-0.3, -0.25) is 9.47 Å². The van der Waals surface area contributed by atoms with Gasteiger partial charge in [0.15, 0.2) is 0 Å². The molecule has 0 aliphatic rings. The molecule has 1 N–H and O–H groups in total.